The van der Waals surface area contributed by atoms with Gasteiger partial charge in [-0.2, -0.15) is 0 Å². The highest BCUT2D eigenvalue weighted by Gasteiger charge is 2.25. The number of ether oxygens (including phenoxy) is 1. The Morgan fingerprint density at radius 3 is 2.66 bits per heavy atom. The highest BCUT2D eigenvalue weighted by atomic mass is 32.2. The van der Waals surface area contributed by atoms with E-state index in [1.165, 1.54) is 11.8 Å². The molecule has 0 aliphatic carbocycles. The number of carbonyl (C=O) groups excluding carboxylic acids is 1. The number of carbonyl (C=O) groups is 1. The van der Waals surface area contributed by atoms with Crippen LogP contribution in [0, 0.1) is 0 Å². The third-order valence-electron chi connectivity index (χ3n) is 4.93. The van der Waals surface area contributed by atoms with Crippen molar-refractivity contribution in [3.05, 3.63) is 48.5 Å². The molecule has 148 valence electrons. The SMILES string of the molecule is O=C(CSc1nc2ccccc2o1)N1CCC(Oc2nc3ccccc3s2)CC1. The summed E-state index contributed by atoms with van der Waals surface area (Å²) in [5.74, 6) is 0.437. The van der Waals surface area contributed by atoms with Gasteiger partial charge in [-0.1, -0.05) is 47.4 Å². The summed E-state index contributed by atoms with van der Waals surface area (Å²) >= 11 is 2.92. The van der Waals surface area contributed by atoms with Gasteiger partial charge in [-0.05, 0) is 24.3 Å². The summed E-state index contributed by atoms with van der Waals surface area (Å²) in [6.07, 6.45) is 1.73. The molecule has 0 radical (unpaired) electrons. The van der Waals surface area contributed by atoms with Crippen molar-refractivity contribution in [1.29, 1.82) is 0 Å². The van der Waals surface area contributed by atoms with E-state index in [-0.39, 0.29) is 12.0 Å². The average Bonchev–Trinajstić information content (AvgIpc) is 3.35. The van der Waals surface area contributed by atoms with Crippen LogP contribution in [0.3, 0.4) is 0 Å². The average molecular weight is 426 g/mol. The lowest BCUT2D eigenvalue weighted by molar-refractivity contribution is -0.130. The molecule has 1 saturated heterocycles. The van der Waals surface area contributed by atoms with E-state index in [0.29, 0.717) is 29.3 Å². The molecule has 0 bridgehead atoms. The van der Waals surface area contributed by atoms with Crippen LogP contribution < -0.4 is 4.74 Å². The second-order valence-corrected chi connectivity index (χ2v) is 8.80. The first-order valence-corrected chi connectivity index (χ1v) is 11.3. The molecule has 6 nitrogen and oxygen atoms in total. The maximum atomic E-state index is 12.6. The number of benzene rings is 2. The molecule has 0 spiro atoms. The largest absolute Gasteiger partial charge is 0.467 e. The zero-order valence-electron chi connectivity index (χ0n) is 15.6. The molecule has 3 heterocycles. The minimum absolute atomic E-state index is 0.101. The Kier molecular flexibility index (Phi) is 5.12. The topological polar surface area (TPSA) is 68.5 Å². The second-order valence-electron chi connectivity index (χ2n) is 6.88. The van der Waals surface area contributed by atoms with E-state index in [1.54, 1.807) is 11.3 Å². The third-order valence-corrected chi connectivity index (χ3v) is 6.67. The van der Waals surface area contributed by atoms with Crippen molar-refractivity contribution in [2.45, 2.75) is 24.2 Å². The molecule has 0 unspecified atom stereocenters. The van der Waals surface area contributed by atoms with Crippen LogP contribution >= 0.6 is 23.1 Å². The first-order valence-electron chi connectivity index (χ1n) is 9.53. The smallest absolute Gasteiger partial charge is 0.274 e. The normalized spacial score (nSPS) is 15.2. The molecule has 1 fully saturated rings. The molecule has 4 aromatic rings. The van der Waals surface area contributed by atoms with Crippen LogP contribution in [0.4, 0.5) is 0 Å². The van der Waals surface area contributed by atoms with Crippen LogP contribution in [-0.2, 0) is 4.79 Å². The quantitative estimate of drug-likeness (QED) is 0.435. The highest BCUT2D eigenvalue weighted by molar-refractivity contribution is 7.99. The van der Waals surface area contributed by atoms with Gasteiger partial charge in [-0.15, -0.1) is 0 Å². The number of oxazole rings is 1. The van der Waals surface area contributed by atoms with Crippen molar-refractivity contribution >= 4 is 50.3 Å². The maximum Gasteiger partial charge on any atom is 0.274 e. The number of likely N-dealkylation sites (tertiary alicyclic amines) is 1. The fourth-order valence-corrected chi connectivity index (χ4v) is 5.02. The van der Waals surface area contributed by atoms with Crippen molar-refractivity contribution in [2.75, 3.05) is 18.8 Å². The minimum atomic E-state index is 0.101. The van der Waals surface area contributed by atoms with Crippen LogP contribution in [-0.4, -0.2) is 45.7 Å². The number of rotatable bonds is 5. The number of fused-ring (bicyclic) bond motifs is 2. The van der Waals surface area contributed by atoms with E-state index >= 15 is 0 Å². The van der Waals surface area contributed by atoms with Crippen LogP contribution in [0.5, 0.6) is 5.19 Å². The molecular weight excluding hydrogens is 406 g/mol. The van der Waals surface area contributed by atoms with E-state index < -0.39 is 0 Å². The number of hydrogen-bond acceptors (Lipinski definition) is 7. The number of thiazole rings is 1. The maximum absolute atomic E-state index is 12.6. The summed E-state index contributed by atoms with van der Waals surface area (Å²) in [6.45, 7) is 1.39. The van der Waals surface area contributed by atoms with Gasteiger partial charge in [0.25, 0.3) is 10.4 Å². The fraction of sp³-hybridized carbons (Fsp3) is 0.286. The second kappa shape index (κ2) is 8.04. The first kappa shape index (κ1) is 18.4. The Bertz CT molecular complexity index is 1080. The molecule has 1 amide bonds. The summed E-state index contributed by atoms with van der Waals surface area (Å²) in [7, 11) is 0. The Hall–Kier alpha value is -2.58. The predicted molar refractivity (Wildman–Crippen MR) is 115 cm³/mol. The molecule has 0 saturated carbocycles. The third kappa shape index (κ3) is 4.09. The number of piperidine rings is 1. The predicted octanol–water partition coefficient (Wildman–Crippen LogP) is 4.60. The van der Waals surface area contributed by atoms with Crippen molar-refractivity contribution in [3.63, 3.8) is 0 Å². The van der Waals surface area contributed by atoms with Crippen LogP contribution in [0.25, 0.3) is 21.3 Å². The Labute approximate surface area is 175 Å². The number of amides is 1. The molecule has 2 aromatic carbocycles. The molecule has 8 heteroatoms. The van der Waals surface area contributed by atoms with Gasteiger partial charge in [0.15, 0.2) is 5.58 Å². The Morgan fingerprint density at radius 1 is 1.10 bits per heavy atom. The van der Waals surface area contributed by atoms with E-state index in [9.17, 15) is 4.79 Å². The van der Waals surface area contributed by atoms with E-state index in [4.69, 9.17) is 9.15 Å². The van der Waals surface area contributed by atoms with Gasteiger partial charge >= 0.3 is 0 Å². The summed E-state index contributed by atoms with van der Waals surface area (Å²) in [6, 6.07) is 15.6. The van der Waals surface area contributed by atoms with Crippen molar-refractivity contribution in [1.82, 2.24) is 14.9 Å². The van der Waals surface area contributed by atoms with Gasteiger partial charge in [0.2, 0.25) is 5.91 Å². The lowest BCUT2D eigenvalue weighted by atomic mass is 10.1. The minimum Gasteiger partial charge on any atom is -0.467 e. The van der Waals surface area contributed by atoms with Gasteiger partial charge in [0.1, 0.15) is 11.6 Å². The molecule has 1 aliphatic heterocycles. The molecule has 2 aromatic heterocycles. The van der Waals surface area contributed by atoms with Gasteiger partial charge in [0.05, 0.1) is 16.0 Å². The van der Waals surface area contributed by atoms with Crippen molar-refractivity contribution in [2.24, 2.45) is 0 Å². The number of nitrogens with zero attached hydrogens (tertiary/aromatic N) is 3. The molecule has 0 atom stereocenters. The summed E-state index contributed by atoms with van der Waals surface area (Å²) in [5.41, 5.74) is 2.53. The Balaban J connectivity index is 1.12. The lowest BCUT2D eigenvalue weighted by Crippen LogP contribution is -2.42. The number of hydrogen-bond donors (Lipinski definition) is 0. The fourth-order valence-electron chi connectivity index (χ4n) is 3.39. The van der Waals surface area contributed by atoms with E-state index in [2.05, 4.69) is 16.0 Å². The van der Waals surface area contributed by atoms with Gasteiger partial charge in [-0.3, -0.25) is 4.79 Å². The van der Waals surface area contributed by atoms with Gasteiger partial charge < -0.3 is 14.1 Å². The molecule has 5 rings (SSSR count). The van der Waals surface area contributed by atoms with Crippen LogP contribution in [0.2, 0.25) is 0 Å². The standard InChI is InChI=1S/C21H19N3O3S2/c25-19(13-28-20-22-15-5-1-3-7-17(15)27-20)24-11-9-14(10-12-24)26-21-23-16-6-2-4-8-18(16)29-21/h1-8,14H,9-13H2. The summed E-state index contributed by atoms with van der Waals surface area (Å²) < 4.78 is 12.9. The molecular formula is C21H19N3O3S2. The van der Waals surface area contributed by atoms with Gasteiger partial charge in [-0.25, -0.2) is 9.97 Å². The molecule has 0 N–H and O–H groups in total. The van der Waals surface area contributed by atoms with Crippen molar-refractivity contribution in [3.8, 4) is 5.19 Å². The Morgan fingerprint density at radius 2 is 1.86 bits per heavy atom. The monoisotopic (exact) mass is 425 g/mol. The zero-order valence-corrected chi connectivity index (χ0v) is 17.2. The number of aromatic nitrogens is 2. The first-order chi connectivity index (χ1) is 14.2. The van der Waals surface area contributed by atoms with Crippen LogP contribution in [0.15, 0.2) is 58.2 Å². The summed E-state index contributed by atoms with van der Waals surface area (Å²) in [4.78, 5) is 23.4. The number of thioether (sulfide) groups is 1. The molecule has 29 heavy (non-hydrogen) atoms. The van der Waals surface area contributed by atoms with E-state index in [0.717, 1.165) is 34.2 Å². The lowest BCUT2D eigenvalue weighted by Gasteiger charge is -2.31. The zero-order chi connectivity index (χ0) is 19.6. The van der Waals surface area contributed by atoms with E-state index in [1.807, 2.05) is 47.4 Å². The highest BCUT2D eigenvalue weighted by Crippen LogP contribution is 2.30. The summed E-state index contributed by atoms with van der Waals surface area (Å²) in [5, 5.41) is 1.25. The molecule has 1 aliphatic rings. The number of para-hydroxylation sites is 3. The van der Waals surface area contributed by atoms with Crippen molar-refractivity contribution < 1.29 is 13.9 Å². The van der Waals surface area contributed by atoms with Gasteiger partial charge in [0, 0.05) is 25.9 Å². The van der Waals surface area contributed by atoms with Crippen LogP contribution in [0.1, 0.15) is 12.8 Å².